The first-order valence-electron chi connectivity index (χ1n) is 12.5. The van der Waals surface area contributed by atoms with Crippen LogP contribution in [0, 0.1) is 11.8 Å². The molecule has 3 aliphatic rings. The van der Waals surface area contributed by atoms with Crippen molar-refractivity contribution in [2.45, 2.75) is 57.1 Å². The number of benzene rings is 2. The van der Waals surface area contributed by atoms with Gasteiger partial charge in [0.25, 0.3) is 0 Å². The Balaban J connectivity index is 1.35. The SMILES string of the molecule is CC1C(C(=O)CN=CCC(O)C2CCC2)c2ccc(CC3COC3)cc2N1c1ccc(Cl)cc1. The van der Waals surface area contributed by atoms with Gasteiger partial charge in [0, 0.05) is 41.0 Å². The standard InChI is InChI=1S/C28H33ClN2O3/c1-18-28(27(33)15-30-12-11-26(32)21-3-2-4-21)24-10-5-19(13-20-16-34-17-20)14-25(24)31(18)23-8-6-22(29)7-9-23/h5-10,12,14,18,20-21,26,28,32H,2-4,11,13,15-17H2,1H3. The maximum absolute atomic E-state index is 13.4. The number of aliphatic imine (C=N–C) groups is 1. The van der Waals surface area contributed by atoms with Gasteiger partial charge in [0.15, 0.2) is 5.78 Å². The summed E-state index contributed by atoms with van der Waals surface area (Å²) in [7, 11) is 0. The topological polar surface area (TPSA) is 62.1 Å². The lowest BCUT2D eigenvalue weighted by molar-refractivity contribution is -0.119. The quantitative estimate of drug-likeness (QED) is 0.492. The molecule has 5 nitrogen and oxygen atoms in total. The number of fused-ring (bicyclic) bond motifs is 1. The van der Waals surface area contributed by atoms with E-state index in [2.05, 4.69) is 35.0 Å². The van der Waals surface area contributed by atoms with Crippen molar-refractivity contribution in [2.75, 3.05) is 24.7 Å². The Kier molecular flexibility index (Phi) is 7.05. The lowest BCUT2D eigenvalue weighted by atomic mass is 9.80. The van der Waals surface area contributed by atoms with E-state index in [-0.39, 0.29) is 30.4 Å². The summed E-state index contributed by atoms with van der Waals surface area (Å²) >= 11 is 6.15. The van der Waals surface area contributed by atoms with Gasteiger partial charge in [0.1, 0.15) is 0 Å². The normalized spacial score (nSPS) is 23.6. The van der Waals surface area contributed by atoms with Crippen molar-refractivity contribution in [2.24, 2.45) is 16.8 Å². The zero-order valence-corrected chi connectivity index (χ0v) is 20.5. The molecule has 1 aliphatic carbocycles. The first-order chi connectivity index (χ1) is 16.5. The van der Waals surface area contributed by atoms with Crippen molar-refractivity contribution < 1.29 is 14.6 Å². The average Bonchev–Trinajstić information content (AvgIpc) is 3.04. The lowest BCUT2D eigenvalue weighted by Gasteiger charge is -2.29. The van der Waals surface area contributed by atoms with Crippen LogP contribution < -0.4 is 4.90 Å². The number of halogens is 1. The van der Waals surface area contributed by atoms with Gasteiger partial charge in [0.2, 0.25) is 0 Å². The largest absolute Gasteiger partial charge is 0.392 e. The van der Waals surface area contributed by atoms with Gasteiger partial charge in [0.05, 0.1) is 31.8 Å². The Labute approximate surface area is 206 Å². The summed E-state index contributed by atoms with van der Waals surface area (Å²) in [5.41, 5.74) is 4.46. The van der Waals surface area contributed by atoms with E-state index in [1.807, 2.05) is 24.3 Å². The molecule has 3 unspecified atom stereocenters. The molecule has 2 heterocycles. The van der Waals surface area contributed by atoms with Crippen LogP contribution in [0.2, 0.25) is 5.02 Å². The number of carbonyl (C=O) groups is 1. The van der Waals surface area contributed by atoms with Gasteiger partial charge in [-0.2, -0.15) is 0 Å². The fourth-order valence-electron chi connectivity index (χ4n) is 5.42. The lowest BCUT2D eigenvalue weighted by Crippen LogP contribution is -2.31. The van der Waals surface area contributed by atoms with Gasteiger partial charge < -0.3 is 14.7 Å². The van der Waals surface area contributed by atoms with E-state index >= 15 is 0 Å². The van der Waals surface area contributed by atoms with Crippen LogP contribution in [0.4, 0.5) is 11.4 Å². The molecule has 2 fully saturated rings. The summed E-state index contributed by atoms with van der Waals surface area (Å²) in [5.74, 6) is 0.834. The number of rotatable bonds is 9. The molecular formula is C28H33ClN2O3. The number of ketones is 1. The minimum Gasteiger partial charge on any atom is -0.392 e. The highest BCUT2D eigenvalue weighted by Crippen LogP contribution is 2.46. The molecule has 0 bridgehead atoms. The number of aliphatic hydroxyl groups excluding tert-OH is 1. The van der Waals surface area contributed by atoms with Crippen LogP contribution in [0.1, 0.15) is 49.7 Å². The second kappa shape index (κ2) is 10.2. The van der Waals surface area contributed by atoms with Gasteiger partial charge in [-0.25, -0.2) is 0 Å². The molecule has 0 radical (unpaired) electrons. The zero-order chi connectivity index (χ0) is 23.7. The number of anilines is 2. The summed E-state index contributed by atoms with van der Waals surface area (Å²) in [6.07, 6.45) is 6.32. The van der Waals surface area contributed by atoms with Crippen LogP contribution >= 0.6 is 11.6 Å². The zero-order valence-electron chi connectivity index (χ0n) is 19.7. The van der Waals surface area contributed by atoms with Gasteiger partial charge in [-0.05, 0) is 73.6 Å². The molecule has 5 rings (SSSR count). The van der Waals surface area contributed by atoms with Crippen LogP contribution in [0.15, 0.2) is 47.5 Å². The molecule has 34 heavy (non-hydrogen) atoms. The highest BCUT2D eigenvalue weighted by Gasteiger charge is 2.40. The highest BCUT2D eigenvalue weighted by atomic mass is 35.5. The molecule has 6 heteroatoms. The molecule has 1 saturated carbocycles. The molecule has 2 aromatic carbocycles. The molecule has 2 aromatic rings. The van der Waals surface area contributed by atoms with Crippen molar-refractivity contribution in [1.82, 2.24) is 0 Å². The first kappa shape index (κ1) is 23.5. The first-order valence-corrected chi connectivity index (χ1v) is 12.8. The molecule has 180 valence electrons. The average molecular weight is 481 g/mol. The summed E-state index contributed by atoms with van der Waals surface area (Å²) in [6, 6.07) is 14.3. The summed E-state index contributed by atoms with van der Waals surface area (Å²) in [4.78, 5) is 20.0. The monoisotopic (exact) mass is 480 g/mol. The molecule has 1 saturated heterocycles. The van der Waals surface area contributed by atoms with Crippen molar-refractivity contribution in [3.05, 3.63) is 58.6 Å². The van der Waals surface area contributed by atoms with E-state index in [1.165, 1.54) is 12.0 Å². The smallest absolute Gasteiger partial charge is 0.163 e. The number of aliphatic hydroxyl groups is 1. The Morgan fingerprint density at radius 3 is 2.65 bits per heavy atom. The molecule has 2 aliphatic heterocycles. The van der Waals surface area contributed by atoms with Gasteiger partial charge >= 0.3 is 0 Å². The third-order valence-corrected chi connectivity index (χ3v) is 7.93. The number of hydrogen-bond acceptors (Lipinski definition) is 5. The van der Waals surface area contributed by atoms with E-state index in [0.717, 1.165) is 49.4 Å². The third kappa shape index (κ3) is 4.79. The molecule has 0 aromatic heterocycles. The predicted molar refractivity (Wildman–Crippen MR) is 137 cm³/mol. The third-order valence-electron chi connectivity index (χ3n) is 7.68. The number of hydrogen-bond donors (Lipinski definition) is 1. The Morgan fingerprint density at radius 1 is 1.24 bits per heavy atom. The Bertz CT molecular complexity index is 1050. The van der Waals surface area contributed by atoms with Gasteiger partial charge in [-0.3, -0.25) is 9.79 Å². The van der Waals surface area contributed by atoms with Crippen molar-refractivity contribution in [3.8, 4) is 0 Å². The number of Topliss-reactive ketones (excluding diaryl/α,β-unsaturated/α-hetero) is 1. The number of carbonyl (C=O) groups excluding carboxylic acids is 1. The molecule has 3 atom stereocenters. The van der Waals surface area contributed by atoms with Crippen LogP contribution in [0.5, 0.6) is 0 Å². The highest BCUT2D eigenvalue weighted by molar-refractivity contribution is 6.30. The van der Waals surface area contributed by atoms with Crippen LogP contribution in [-0.4, -0.2) is 49.0 Å². The second-order valence-electron chi connectivity index (χ2n) is 10.0. The van der Waals surface area contributed by atoms with Gasteiger partial charge in [-0.15, -0.1) is 0 Å². The van der Waals surface area contributed by atoms with Gasteiger partial charge in [-0.1, -0.05) is 30.2 Å². The van der Waals surface area contributed by atoms with E-state index in [0.29, 0.717) is 23.3 Å². The minimum atomic E-state index is -0.335. The molecular weight excluding hydrogens is 448 g/mol. The minimum absolute atomic E-state index is 0.0262. The molecule has 0 spiro atoms. The van der Waals surface area contributed by atoms with Crippen LogP contribution in [-0.2, 0) is 16.0 Å². The van der Waals surface area contributed by atoms with Crippen LogP contribution in [0.25, 0.3) is 0 Å². The predicted octanol–water partition coefficient (Wildman–Crippen LogP) is 5.34. The summed E-state index contributed by atoms with van der Waals surface area (Å²) in [5, 5.41) is 10.9. The van der Waals surface area contributed by atoms with Crippen LogP contribution in [0.3, 0.4) is 0 Å². The van der Waals surface area contributed by atoms with E-state index < -0.39 is 0 Å². The summed E-state index contributed by atoms with van der Waals surface area (Å²) < 4.78 is 5.35. The Hall–Kier alpha value is -2.21. The van der Waals surface area contributed by atoms with E-state index in [9.17, 15) is 9.90 Å². The fourth-order valence-corrected chi connectivity index (χ4v) is 5.55. The maximum Gasteiger partial charge on any atom is 0.163 e. The Morgan fingerprint density at radius 2 is 2.00 bits per heavy atom. The van der Waals surface area contributed by atoms with E-state index in [4.69, 9.17) is 16.3 Å². The van der Waals surface area contributed by atoms with Crippen molar-refractivity contribution >= 4 is 35.0 Å². The number of nitrogens with zero attached hydrogens (tertiary/aromatic N) is 2. The summed E-state index contributed by atoms with van der Waals surface area (Å²) in [6.45, 7) is 3.90. The fraction of sp³-hybridized carbons (Fsp3) is 0.500. The number of ether oxygens (including phenoxy) is 1. The molecule has 0 amide bonds. The second-order valence-corrected chi connectivity index (χ2v) is 10.5. The van der Waals surface area contributed by atoms with Crippen molar-refractivity contribution in [1.29, 1.82) is 0 Å². The molecule has 1 N–H and O–H groups in total. The maximum atomic E-state index is 13.4. The van der Waals surface area contributed by atoms with E-state index in [1.54, 1.807) is 6.21 Å². The van der Waals surface area contributed by atoms with Crippen molar-refractivity contribution in [3.63, 3.8) is 0 Å².